The highest BCUT2D eigenvalue weighted by atomic mass is 16.5. The van der Waals surface area contributed by atoms with Crippen LogP contribution in [-0.2, 0) is 35.6 Å². The third kappa shape index (κ3) is 4.61. The van der Waals surface area contributed by atoms with Gasteiger partial charge in [0.15, 0.2) is 11.2 Å². The van der Waals surface area contributed by atoms with Crippen molar-refractivity contribution in [3.63, 3.8) is 0 Å². The van der Waals surface area contributed by atoms with Crippen LogP contribution in [0.2, 0.25) is 0 Å². The van der Waals surface area contributed by atoms with E-state index in [1.165, 1.54) is 16.5 Å². The largest absolute Gasteiger partial charge is 0.383 e. The van der Waals surface area contributed by atoms with Crippen LogP contribution in [0.15, 0.2) is 70.5 Å². The summed E-state index contributed by atoms with van der Waals surface area (Å²) in [6, 6.07) is 17.4. The number of amides is 1. The Labute approximate surface area is 208 Å². The lowest BCUT2D eigenvalue weighted by Crippen LogP contribution is -2.45. The number of methoxy groups -OCH3 is 1. The summed E-state index contributed by atoms with van der Waals surface area (Å²) >= 11 is 0. The van der Waals surface area contributed by atoms with Gasteiger partial charge in [-0.15, -0.1) is 0 Å². The first-order chi connectivity index (χ1) is 17.6. The lowest BCUT2D eigenvalue weighted by Gasteiger charge is -2.26. The highest BCUT2D eigenvalue weighted by Gasteiger charge is 2.24. The topological polar surface area (TPSA) is 100 Å². The van der Waals surface area contributed by atoms with Gasteiger partial charge in [-0.2, -0.15) is 0 Å². The molecule has 5 rings (SSSR count). The summed E-state index contributed by atoms with van der Waals surface area (Å²) in [6.45, 7) is 0.646. The fourth-order valence-corrected chi connectivity index (χ4v) is 4.93. The number of hydrogen-bond acceptors (Lipinski definition) is 5. The van der Waals surface area contributed by atoms with Gasteiger partial charge < -0.3 is 14.6 Å². The van der Waals surface area contributed by atoms with E-state index in [1.807, 2.05) is 48.5 Å². The zero-order chi connectivity index (χ0) is 25.1. The molecule has 0 radical (unpaired) electrons. The van der Waals surface area contributed by atoms with Gasteiger partial charge in [0.1, 0.15) is 6.54 Å². The van der Waals surface area contributed by atoms with E-state index in [4.69, 9.17) is 4.74 Å². The minimum atomic E-state index is -0.562. The predicted octanol–water partition coefficient (Wildman–Crippen LogP) is 2.25. The first kappa shape index (κ1) is 23.7. The number of benzene rings is 2. The third-order valence-corrected chi connectivity index (χ3v) is 6.71. The summed E-state index contributed by atoms with van der Waals surface area (Å²) in [5, 5.41) is 3.05. The lowest BCUT2D eigenvalue weighted by molar-refractivity contribution is -0.122. The summed E-state index contributed by atoms with van der Waals surface area (Å²) in [5.41, 5.74) is 2.68. The number of fused-ring (bicyclic) bond motifs is 2. The standard InChI is InChI=1S/C27H29N5O4/c1-36-15-14-30-18-28-25-24(30)26(34)32(27(35)31(25)16-19-8-3-2-4-9-19)17-23(33)29-22-13-7-11-20-10-5-6-12-21(20)22/h2-6,8-10,12,18,22H,7,11,13-17H2,1H3,(H,29,33). The molecule has 0 fully saturated rings. The van der Waals surface area contributed by atoms with Crippen molar-refractivity contribution in [3.05, 3.63) is 98.5 Å². The summed E-state index contributed by atoms with van der Waals surface area (Å²) in [4.78, 5) is 44.5. The van der Waals surface area contributed by atoms with Gasteiger partial charge in [-0.1, -0.05) is 54.6 Å². The maximum atomic E-state index is 13.5. The van der Waals surface area contributed by atoms with E-state index in [-0.39, 0.29) is 30.6 Å². The number of rotatable bonds is 8. The average molecular weight is 488 g/mol. The van der Waals surface area contributed by atoms with Crippen molar-refractivity contribution in [2.24, 2.45) is 0 Å². The van der Waals surface area contributed by atoms with Crippen molar-refractivity contribution < 1.29 is 9.53 Å². The Balaban J connectivity index is 1.52. The second-order valence-electron chi connectivity index (χ2n) is 9.06. The van der Waals surface area contributed by atoms with E-state index in [9.17, 15) is 14.4 Å². The Morgan fingerprint density at radius 3 is 2.67 bits per heavy atom. The number of carbonyl (C=O) groups is 1. The van der Waals surface area contributed by atoms with Crippen molar-refractivity contribution >= 4 is 17.1 Å². The molecule has 1 aliphatic rings. The molecule has 1 aliphatic carbocycles. The first-order valence-corrected chi connectivity index (χ1v) is 12.2. The maximum Gasteiger partial charge on any atom is 0.333 e. The van der Waals surface area contributed by atoms with Gasteiger partial charge in [0.2, 0.25) is 5.91 Å². The molecule has 0 saturated heterocycles. The molecule has 2 aromatic heterocycles. The molecule has 9 nitrogen and oxygen atoms in total. The number of hydrogen-bond donors (Lipinski definition) is 1. The molecule has 2 heterocycles. The molecular weight excluding hydrogens is 458 g/mol. The SMILES string of the molecule is COCCn1cnc2c1c(=O)n(CC(=O)NC1CCCc3ccccc31)c(=O)n2Cc1ccccc1. The molecule has 36 heavy (non-hydrogen) atoms. The summed E-state index contributed by atoms with van der Waals surface area (Å²) in [7, 11) is 1.58. The van der Waals surface area contributed by atoms with E-state index in [2.05, 4.69) is 16.4 Å². The monoisotopic (exact) mass is 487 g/mol. The Bertz CT molecular complexity index is 1500. The fourth-order valence-electron chi connectivity index (χ4n) is 4.93. The fraction of sp³-hybridized carbons (Fsp3) is 0.333. The zero-order valence-electron chi connectivity index (χ0n) is 20.2. The molecule has 4 aromatic rings. The predicted molar refractivity (Wildman–Crippen MR) is 136 cm³/mol. The molecule has 1 N–H and O–H groups in total. The van der Waals surface area contributed by atoms with Gasteiger partial charge in [0, 0.05) is 13.7 Å². The van der Waals surface area contributed by atoms with Gasteiger partial charge in [-0.3, -0.25) is 14.2 Å². The van der Waals surface area contributed by atoms with Crippen LogP contribution < -0.4 is 16.6 Å². The smallest absolute Gasteiger partial charge is 0.333 e. The summed E-state index contributed by atoms with van der Waals surface area (Å²) in [6.07, 6.45) is 4.30. The van der Waals surface area contributed by atoms with E-state index >= 15 is 0 Å². The molecule has 1 amide bonds. The number of nitrogens with zero attached hydrogens (tertiary/aromatic N) is 4. The summed E-state index contributed by atoms with van der Waals surface area (Å²) in [5.74, 6) is -0.371. The molecular formula is C27H29N5O4. The Morgan fingerprint density at radius 1 is 1.08 bits per heavy atom. The van der Waals surface area contributed by atoms with Gasteiger partial charge >= 0.3 is 5.69 Å². The van der Waals surface area contributed by atoms with Gasteiger partial charge in [-0.05, 0) is 36.0 Å². The average Bonchev–Trinajstić information content (AvgIpc) is 3.32. The van der Waals surface area contributed by atoms with E-state index in [0.29, 0.717) is 18.8 Å². The van der Waals surface area contributed by atoms with Crippen molar-refractivity contribution in [1.29, 1.82) is 0 Å². The van der Waals surface area contributed by atoms with Crippen LogP contribution in [0.1, 0.15) is 35.6 Å². The molecule has 1 atom stereocenters. The molecule has 0 spiro atoms. The number of aromatic nitrogens is 4. The van der Waals surface area contributed by atoms with Crippen molar-refractivity contribution in [3.8, 4) is 0 Å². The molecule has 9 heteroatoms. The summed E-state index contributed by atoms with van der Waals surface area (Å²) < 4.78 is 9.32. The molecule has 2 aromatic carbocycles. The number of carbonyl (C=O) groups excluding carboxylic acids is 1. The van der Waals surface area contributed by atoms with Crippen LogP contribution in [0.4, 0.5) is 0 Å². The van der Waals surface area contributed by atoms with Crippen LogP contribution in [0.5, 0.6) is 0 Å². The highest BCUT2D eigenvalue weighted by Crippen LogP contribution is 2.29. The van der Waals surface area contributed by atoms with Gasteiger partial charge in [0.25, 0.3) is 5.56 Å². The quantitative estimate of drug-likeness (QED) is 0.411. The van der Waals surface area contributed by atoms with Crippen LogP contribution in [0.25, 0.3) is 11.2 Å². The Hall–Kier alpha value is -3.98. The first-order valence-electron chi connectivity index (χ1n) is 12.2. The normalized spacial score (nSPS) is 15.1. The van der Waals surface area contributed by atoms with E-state index < -0.39 is 11.2 Å². The molecule has 1 unspecified atom stereocenters. The third-order valence-electron chi connectivity index (χ3n) is 6.71. The maximum absolute atomic E-state index is 13.5. The van der Waals surface area contributed by atoms with Gasteiger partial charge in [0.05, 0.1) is 25.5 Å². The molecule has 0 aliphatic heterocycles. The number of aryl methyl sites for hydroxylation is 1. The molecule has 186 valence electrons. The number of ether oxygens (including phenoxy) is 1. The van der Waals surface area contributed by atoms with Crippen LogP contribution >= 0.6 is 0 Å². The van der Waals surface area contributed by atoms with Crippen molar-refractivity contribution in [1.82, 2.24) is 24.0 Å². The van der Waals surface area contributed by atoms with Gasteiger partial charge in [-0.25, -0.2) is 14.3 Å². The minimum Gasteiger partial charge on any atom is -0.383 e. The van der Waals surface area contributed by atoms with E-state index in [0.717, 1.165) is 35.0 Å². The minimum absolute atomic E-state index is 0.138. The second-order valence-corrected chi connectivity index (χ2v) is 9.06. The Morgan fingerprint density at radius 2 is 1.86 bits per heavy atom. The Kier molecular flexibility index (Phi) is 6.81. The molecule has 0 bridgehead atoms. The van der Waals surface area contributed by atoms with E-state index in [1.54, 1.807) is 11.7 Å². The second kappa shape index (κ2) is 10.3. The van der Waals surface area contributed by atoms with Crippen molar-refractivity contribution in [2.45, 2.75) is 44.9 Å². The number of nitrogens with one attached hydrogen (secondary N) is 1. The van der Waals surface area contributed by atoms with Crippen molar-refractivity contribution in [2.75, 3.05) is 13.7 Å². The molecule has 0 saturated carbocycles. The van der Waals surface area contributed by atoms with Crippen LogP contribution in [-0.4, -0.2) is 38.3 Å². The number of imidazole rings is 1. The van der Waals surface area contributed by atoms with Crippen LogP contribution in [0, 0.1) is 0 Å². The lowest BCUT2D eigenvalue weighted by atomic mass is 9.88. The van der Waals surface area contributed by atoms with Crippen LogP contribution in [0.3, 0.4) is 0 Å². The highest BCUT2D eigenvalue weighted by molar-refractivity contribution is 5.77. The zero-order valence-corrected chi connectivity index (χ0v) is 20.2.